The van der Waals surface area contributed by atoms with Crippen molar-refractivity contribution in [2.24, 2.45) is 17.3 Å². The number of allylic oxidation sites excluding steroid dienone is 4. The Bertz CT molecular complexity index is 425. The van der Waals surface area contributed by atoms with Gasteiger partial charge in [0.2, 0.25) is 0 Å². The second-order valence-electron chi connectivity index (χ2n) is 4.06. The maximum absolute atomic E-state index is 7.79. The van der Waals surface area contributed by atoms with Gasteiger partial charge in [-0.3, -0.25) is 0 Å². The number of hydrogen-bond donors (Lipinski definition) is 0. The second-order valence-corrected chi connectivity index (χ2v) is 4.06. The van der Waals surface area contributed by atoms with Crippen LogP contribution in [-0.2, 0) is 0 Å². The van der Waals surface area contributed by atoms with Crippen LogP contribution in [0.3, 0.4) is 0 Å². The Morgan fingerprint density at radius 2 is 2.50 bits per heavy atom. The zero-order valence-electron chi connectivity index (χ0n) is 13.5. The van der Waals surface area contributed by atoms with E-state index in [4.69, 9.17) is 8.22 Å². The van der Waals surface area contributed by atoms with Crippen LogP contribution < -0.4 is 0 Å². The molecule has 0 aliphatic heterocycles. The molecule has 0 aromatic heterocycles. The first kappa shape index (κ1) is 3.69. The van der Waals surface area contributed by atoms with Gasteiger partial charge in [0.1, 0.15) is 0 Å². The van der Waals surface area contributed by atoms with E-state index in [1.165, 1.54) is 0 Å². The summed E-state index contributed by atoms with van der Waals surface area (Å²) in [6.45, 7) is -1.26. The maximum atomic E-state index is 7.79. The van der Waals surface area contributed by atoms with Gasteiger partial charge in [-0.25, -0.2) is 0 Å². The molecular weight excluding hydrogens is 144 g/mol. The molecule has 0 unspecified atom stereocenters. The Kier molecular flexibility index (Phi) is 0.691. The first-order chi connectivity index (χ1) is 8.01. The monoisotopic (exact) mass is 168 g/mol. The SMILES string of the molecule is [2H]C([2H])([2H])C1=C(C)[C@H]2CC=C[C@H]2[C@]1(C)C([2H])([2H])[2H]. The van der Waals surface area contributed by atoms with E-state index in [2.05, 4.69) is 0 Å². The lowest BCUT2D eigenvalue weighted by Crippen LogP contribution is -2.20. The van der Waals surface area contributed by atoms with Gasteiger partial charge in [0.15, 0.2) is 0 Å². The third kappa shape index (κ3) is 0.784. The van der Waals surface area contributed by atoms with Gasteiger partial charge in [-0.15, -0.1) is 0 Å². The molecule has 0 amide bonds. The average Bonchev–Trinajstić information content (AvgIpc) is 2.67. The highest BCUT2D eigenvalue weighted by atomic mass is 14.5. The molecule has 0 aromatic rings. The van der Waals surface area contributed by atoms with E-state index in [-0.39, 0.29) is 17.4 Å². The molecule has 0 N–H and O–H groups in total. The maximum Gasteiger partial charge on any atom is 0.0277 e. The molecule has 2 aliphatic carbocycles. The topological polar surface area (TPSA) is 0 Å². The Hall–Kier alpha value is -0.520. The minimum absolute atomic E-state index is 0.0471. The first-order valence-electron chi connectivity index (χ1n) is 7.39. The molecular formula is C12H18. The van der Waals surface area contributed by atoms with Crippen LogP contribution in [0.5, 0.6) is 0 Å². The van der Waals surface area contributed by atoms with E-state index in [0.717, 1.165) is 12.0 Å². The zero-order chi connectivity index (χ0) is 13.9. The van der Waals surface area contributed by atoms with E-state index in [9.17, 15) is 0 Å². The Morgan fingerprint density at radius 3 is 3.17 bits per heavy atom. The van der Waals surface area contributed by atoms with E-state index in [1.807, 2.05) is 12.2 Å². The molecule has 66 valence electrons. The molecule has 0 heterocycles. The van der Waals surface area contributed by atoms with Gasteiger partial charge in [0.25, 0.3) is 0 Å². The molecule has 0 saturated heterocycles. The molecule has 0 spiro atoms. The molecule has 0 saturated carbocycles. The van der Waals surface area contributed by atoms with Gasteiger partial charge in [0.05, 0.1) is 0 Å². The molecule has 3 atom stereocenters. The van der Waals surface area contributed by atoms with Crippen molar-refractivity contribution in [3.63, 3.8) is 0 Å². The molecule has 2 rings (SSSR count). The Morgan fingerprint density at radius 1 is 1.67 bits per heavy atom. The summed E-state index contributed by atoms with van der Waals surface area (Å²) >= 11 is 0. The third-order valence-electron chi connectivity index (χ3n) is 3.30. The lowest BCUT2D eigenvalue weighted by molar-refractivity contribution is 0.306. The van der Waals surface area contributed by atoms with E-state index in [1.54, 1.807) is 13.8 Å². The van der Waals surface area contributed by atoms with Crippen molar-refractivity contribution >= 4 is 0 Å². The molecule has 12 heavy (non-hydrogen) atoms. The van der Waals surface area contributed by atoms with Crippen LogP contribution in [0.25, 0.3) is 0 Å². The predicted octanol–water partition coefficient (Wildman–Crippen LogP) is 3.55. The van der Waals surface area contributed by atoms with Crippen LogP contribution in [-0.4, -0.2) is 0 Å². The minimum Gasteiger partial charge on any atom is -0.0876 e. The smallest absolute Gasteiger partial charge is 0.0277 e. The molecule has 2 aliphatic rings. The highest BCUT2D eigenvalue weighted by molar-refractivity contribution is 5.34. The van der Waals surface area contributed by atoms with E-state index in [0.29, 0.717) is 0 Å². The van der Waals surface area contributed by atoms with Crippen LogP contribution in [0.4, 0.5) is 0 Å². The summed E-state index contributed by atoms with van der Waals surface area (Å²) in [5.74, 6) is -0.161. The van der Waals surface area contributed by atoms with Crippen LogP contribution in [0.2, 0.25) is 0 Å². The van der Waals surface area contributed by atoms with Crippen molar-refractivity contribution in [2.45, 2.75) is 34.0 Å². The molecule has 0 bridgehead atoms. The van der Waals surface area contributed by atoms with Crippen molar-refractivity contribution < 1.29 is 8.22 Å². The third-order valence-corrected chi connectivity index (χ3v) is 3.30. The van der Waals surface area contributed by atoms with Gasteiger partial charge < -0.3 is 0 Å². The van der Waals surface area contributed by atoms with Crippen LogP contribution in [0.1, 0.15) is 42.2 Å². The summed E-state index contributed by atoms with van der Waals surface area (Å²) in [6, 6.07) is 0. The standard InChI is InChI=1S/C12H18/c1-8-9(2)12(3,4)11-7-5-6-10(8)11/h5,7,10-11H,6H2,1-4H3/t10-,11-/m1/s1/i2D3,3D3/t10-,11-,12+. The summed E-state index contributed by atoms with van der Waals surface area (Å²) in [6.07, 6.45) is 4.61. The Labute approximate surface area is 83.8 Å². The summed E-state index contributed by atoms with van der Waals surface area (Å²) in [4.78, 5) is 0. The number of hydrogen-bond acceptors (Lipinski definition) is 0. The predicted molar refractivity (Wildman–Crippen MR) is 52.9 cm³/mol. The minimum atomic E-state index is -2.33. The summed E-state index contributed by atoms with van der Waals surface area (Å²) in [5.41, 5.74) is -0.349. The van der Waals surface area contributed by atoms with Gasteiger partial charge in [-0.1, -0.05) is 37.1 Å². The van der Waals surface area contributed by atoms with Crippen LogP contribution >= 0.6 is 0 Å². The summed E-state index contributed by atoms with van der Waals surface area (Å²) < 4.78 is 46.4. The lowest BCUT2D eigenvalue weighted by atomic mass is 9.76. The highest BCUT2D eigenvalue weighted by Gasteiger charge is 2.44. The molecule has 0 nitrogen and oxygen atoms in total. The van der Waals surface area contributed by atoms with Crippen molar-refractivity contribution in [1.29, 1.82) is 0 Å². The van der Waals surface area contributed by atoms with Crippen molar-refractivity contribution in [1.82, 2.24) is 0 Å². The van der Waals surface area contributed by atoms with Crippen molar-refractivity contribution in [3.8, 4) is 0 Å². The van der Waals surface area contributed by atoms with Gasteiger partial charge >= 0.3 is 0 Å². The zero-order valence-corrected chi connectivity index (χ0v) is 7.52. The molecule has 0 radical (unpaired) electrons. The summed E-state index contributed by atoms with van der Waals surface area (Å²) in [5, 5.41) is 0. The molecule has 0 heteroatoms. The van der Waals surface area contributed by atoms with E-state index < -0.39 is 19.1 Å². The second kappa shape index (κ2) is 2.25. The fourth-order valence-electron chi connectivity index (χ4n) is 2.46. The Balaban J connectivity index is 2.64. The van der Waals surface area contributed by atoms with Crippen molar-refractivity contribution in [3.05, 3.63) is 23.3 Å². The number of fused-ring (bicyclic) bond motifs is 1. The van der Waals surface area contributed by atoms with E-state index >= 15 is 0 Å². The first-order valence-corrected chi connectivity index (χ1v) is 4.39. The van der Waals surface area contributed by atoms with Crippen molar-refractivity contribution in [2.75, 3.05) is 0 Å². The molecule has 0 fully saturated rings. The van der Waals surface area contributed by atoms with Gasteiger partial charge in [-0.2, -0.15) is 0 Å². The van der Waals surface area contributed by atoms with Crippen LogP contribution in [0.15, 0.2) is 23.3 Å². The quantitative estimate of drug-likeness (QED) is 0.485. The fourth-order valence-corrected chi connectivity index (χ4v) is 2.46. The van der Waals surface area contributed by atoms with Gasteiger partial charge in [-0.05, 0) is 37.4 Å². The number of rotatable bonds is 0. The highest BCUT2D eigenvalue weighted by Crippen LogP contribution is 2.54. The normalized spacial score (nSPS) is 55.2. The molecule has 0 aromatic carbocycles. The fraction of sp³-hybridized carbons (Fsp3) is 0.667. The lowest BCUT2D eigenvalue weighted by Gasteiger charge is -2.27. The summed E-state index contributed by atoms with van der Waals surface area (Å²) in [7, 11) is 0. The van der Waals surface area contributed by atoms with Crippen LogP contribution in [0, 0.1) is 17.3 Å². The average molecular weight is 168 g/mol. The largest absolute Gasteiger partial charge is 0.0876 e. The van der Waals surface area contributed by atoms with Gasteiger partial charge in [0, 0.05) is 8.22 Å².